The van der Waals surface area contributed by atoms with Gasteiger partial charge in [0.15, 0.2) is 0 Å². The van der Waals surface area contributed by atoms with Crippen molar-refractivity contribution in [3.8, 4) is 0 Å². The van der Waals surface area contributed by atoms with Gasteiger partial charge in [-0.15, -0.1) is 0 Å². The molecule has 16 heavy (non-hydrogen) atoms. The molecule has 0 N–H and O–H groups in total. The molecule has 0 aromatic rings. The summed E-state index contributed by atoms with van der Waals surface area (Å²) in [6.07, 6.45) is 0. The van der Waals surface area contributed by atoms with Crippen LogP contribution in [0.2, 0.25) is 0 Å². The van der Waals surface area contributed by atoms with E-state index in [0.29, 0.717) is 0 Å². The fraction of sp³-hybridized carbons (Fsp3) is 0.500. The number of hydrogen-bond acceptors (Lipinski definition) is 9. The summed E-state index contributed by atoms with van der Waals surface area (Å²) in [4.78, 5) is 33.4. The Balaban J connectivity index is 2.19. The minimum absolute atomic E-state index is 0.579. The average Bonchev–Trinajstić information content (AvgIpc) is 2.77. The first-order valence-electron chi connectivity index (χ1n) is 4.38. The van der Waals surface area contributed by atoms with Crippen molar-refractivity contribution >= 4 is 26.0 Å². The van der Waals surface area contributed by atoms with E-state index in [0.717, 1.165) is 0 Å². The van der Waals surface area contributed by atoms with Crippen LogP contribution in [-0.4, -0.2) is 45.8 Å². The van der Waals surface area contributed by atoms with E-state index in [9.17, 15) is 14.4 Å². The zero-order valence-corrected chi connectivity index (χ0v) is 8.80. The molecule has 0 aromatic carbocycles. The van der Waals surface area contributed by atoms with Gasteiger partial charge in [-0.1, -0.05) is 0 Å². The molecule has 0 atom stereocenters. The normalized spacial score (nSPS) is 37.1. The van der Waals surface area contributed by atoms with Crippen LogP contribution < -0.4 is 0 Å². The summed E-state index contributed by atoms with van der Waals surface area (Å²) in [5.41, 5.74) is 0. The molecule has 3 aliphatic rings. The SMILES string of the molecule is O=C1CO[Si-2]23(OCC(=O)O2)(OCC(=O)O3)O1. The third kappa shape index (κ3) is 0.875. The summed E-state index contributed by atoms with van der Waals surface area (Å²) in [7, 11) is -6.07. The Morgan fingerprint density at radius 1 is 0.688 bits per heavy atom. The van der Waals surface area contributed by atoms with Crippen molar-refractivity contribution in [3.05, 3.63) is 0 Å². The van der Waals surface area contributed by atoms with E-state index in [1.807, 2.05) is 0 Å². The van der Waals surface area contributed by atoms with Crippen LogP contribution in [0.25, 0.3) is 0 Å². The van der Waals surface area contributed by atoms with Crippen LogP contribution in [0, 0.1) is 0 Å². The van der Waals surface area contributed by atoms with Crippen molar-refractivity contribution in [1.82, 2.24) is 0 Å². The van der Waals surface area contributed by atoms with Crippen molar-refractivity contribution < 1.29 is 40.9 Å². The minimum atomic E-state index is -6.07. The van der Waals surface area contributed by atoms with Crippen LogP contribution in [0.1, 0.15) is 0 Å². The van der Waals surface area contributed by atoms with Gasteiger partial charge in [-0.3, -0.25) is 0 Å². The third-order valence-corrected chi connectivity index (χ3v) is 6.55. The Bertz CT molecular complexity index is 380. The van der Waals surface area contributed by atoms with Gasteiger partial charge in [-0.2, -0.15) is 0 Å². The van der Waals surface area contributed by atoms with Crippen LogP contribution in [0.5, 0.6) is 0 Å². The molecule has 9 nitrogen and oxygen atoms in total. The summed E-state index contributed by atoms with van der Waals surface area (Å²) >= 11 is 0. The van der Waals surface area contributed by atoms with Gasteiger partial charge in [-0.05, 0) is 0 Å². The molecule has 0 saturated carbocycles. The first kappa shape index (κ1) is 9.71. The third-order valence-electron chi connectivity index (χ3n) is 2.42. The van der Waals surface area contributed by atoms with Crippen molar-refractivity contribution in [2.75, 3.05) is 19.8 Å². The van der Waals surface area contributed by atoms with E-state index in [1.165, 1.54) is 0 Å². The van der Waals surface area contributed by atoms with Crippen LogP contribution in [0.3, 0.4) is 0 Å². The first-order valence-corrected chi connectivity index (χ1v) is 6.83. The van der Waals surface area contributed by atoms with Crippen LogP contribution >= 0.6 is 0 Å². The predicted molar refractivity (Wildman–Crippen MR) is 41.9 cm³/mol. The monoisotopic (exact) mass is 250 g/mol. The molecule has 0 bridgehead atoms. The van der Waals surface area contributed by atoms with Crippen molar-refractivity contribution in [3.63, 3.8) is 0 Å². The van der Waals surface area contributed by atoms with Crippen molar-refractivity contribution in [2.24, 2.45) is 0 Å². The molecule has 90 valence electrons. The fourth-order valence-corrected chi connectivity index (χ4v) is 5.57. The molecular formula is C6H6O9Si-2. The Morgan fingerprint density at radius 2 is 1.00 bits per heavy atom. The average molecular weight is 250 g/mol. The van der Waals surface area contributed by atoms with Crippen LogP contribution in [-0.2, 0) is 40.9 Å². The number of rotatable bonds is 0. The summed E-state index contributed by atoms with van der Waals surface area (Å²) in [6.45, 7) is -1.74. The Labute approximate surface area is 87.6 Å². The molecular weight excluding hydrogens is 244 g/mol. The van der Waals surface area contributed by atoms with Gasteiger partial charge in [0, 0.05) is 0 Å². The number of hydrogen-bond donors (Lipinski definition) is 0. The van der Waals surface area contributed by atoms with Gasteiger partial charge in [-0.25, -0.2) is 0 Å². The molecule has 0 unspecified atom stereocenters. The molecule has 1 spiro atoms. The molecule has 0 aliphatic carbocycles. The van der Waals surface area contributed by atoms with Crippen molar-refractivity contribution in [1.29, 1.82) is 0 Å². The molecule has 0 radical (unpaired) electrons. The summed E-state index contributed by atoms with van der Waals surface area (Å²) in [6, 6.07) is 0. The number of carbonyl (C=O) groups excluding carboxylic acids is 3. The number of carbonyl (C=O) groups is 3. The zero-order valence-electron chi connectivity index (χ0n) is 7.80. The molecule has 0 aromatic heterocycles. The Kier molecular flexibility index (Phi) is 1.29. The standard InChI is InChI=1S/C6H6O9Si/c7-4-1-10-16(13-4,11-2-5(8)14-16)12-3-6(9)15-16/h1-3H2/q-2. The summed E-state index contributed by atoms with van der Waals surface area (Å²) in [5, 5.41) is 0. The van der Waals surface area contributed by atoms with Gasteiger partial charge in [0.05, 0.1) is 0 Å². The molecule has 3 aliphatic heterocycles. The second kappa shape index (κ2) is 2.13. The molecule has 3 fully saturated rings. The summed E-state index contributed by atoms with van der Waals surface area (Å²) < 4.78 is 29.1. The fourth-order valence-electron chi connectivity index (χ4n) is 1.86. The van der Waals surface area contributed by atoms with Gasteiger partial charge in [0.25, 0.3) is 0 Å². The maximum atomic E-state index is 11.1. The molecule has 0 amide bonds. The predicted octanol–water partition coefficient (Wildman–Crippen LogP) is -1.96. The second-order valence-corrected chi connectivity index (χ2v) is 7.52. The first-order chi connectivity index (χ1) is 7.41. The van der Waals surface area contributed by atoms with E-state index < -0.39 is 45.8 Å². The van der Waals surface area contributed by atoms with E-state index in [2.05, 4.69) is 0 Å². The van der Waals surface area contributed by atoms with Crippen LogP contribution in [0.15, 0.2) is 0 Å². The Hall–Kier alpha value is -1.49. The van der Waals surface area contributed by atoms with Crippen molar-refractivity contribution in [2.45, 2.75) is 0 Å². The molecule has 10 heteroatoms. The van der Waals surface area contributed by atoms with E-state index in [-0.39, 0.29) is 0 Å². The van der Waals surface area contributed by atoms with Crippen LogP contribution in [0.4, 0.5) is 0 Å². The topological polar surface area (TPSA) is 107 Å². The van der Waals surface area contributed by atoms with Gasteiger partial charge >= 0.3 is 86.8 Å². The molecule has 3 heterocycles. The van der Waals surface area contributed by atoms with Gasteiger partial charge in [0.2, 0.25) is 0 Å². The van der Waals surface area contributed by atoms with Gasteiger partial charge in [0.1, 0.15) is 0 Å². The van der Waals surface area contributed by atoms with E-state index in [4.69, 9.17) is 26.6 Å². The van der Waals surface area contributed by atoms with E-state index in [1.54, 1.807) is 0 Å². The maximum absolute atomic E-state index is 11.1. The quantitative estimate of drug-likeness (QED) is 0.453. The molecule has 3 rings (SSSR count). The van der Waals surface area contributed by atoms with Gasteiger partial charge < -0.3 is 0 Å². The Morgan fingerprint density at radius 3 is 1.19 bits per heavy atom. The summed E-state index contributed by atoms with van der Waals surface area (Å²) in [5.74, 6) is -2.68. The zero-order chi connectivity index (χ0) is 11.5. The second-order valence-electron chi connectivity index (χ2n) is 3.54. The molecule has 3 saturated heterocycles. The van der Waals surface area contributed by atoms with E-state index >= 15 is 0 Å².